The molecule has 1 spiro atoms. The van der Waals surface area contributed by atoms with Crippen LogP contribution in [0.3, 0.4) is 0 Å². The van der Waals surface area contributed by atoms with Crippen LogP contribution in [0.5, 0.6) is 11.5 Å². The summed E-state index contributed by atoms with van der Waals surface area (Å²) >= 11 is 0. The lowest BCUT2D eigenvalue weighted by Gasteiger charge is -2.32. The van der Waals surface area contributed by atoms with Gasteiger partial charge in [0, 0.05) is 51.9 Å². The number of ketones is 1. The van der Waals surface area contributed by atoms with Gasteiger partial charge in [-0.25, -0.2) is 9.78 Å². The van der Waals surface area contributed by atoms with Crippen molar-refractivity contribution in [3.05, 3.63) is 88.8 Å². The molecule has 1 unspecified atom stereocenters. The fraction of sp³-hybridized carbons (Fsp3) is 0.356. The molecule has 300 valence electrons. The molecule has 3 aromatic heterocycles. The molecular formula is C45H41N5O9. The number of methoxy groups -OCH3 is 1. The predicted molar refractivity (Wildman–Crippen MR) is 213 cm³/mol. The van der Waals surface area contributed by atoms with Gasteiger partial charge in [-0.1, -0.05) is 63.4 Å². The maximum absolute atomic E-state index is 14.5. The molecule has 14 heteroatoms. The predicted octanol–water partition coefficient (Wildman–Crippen LogP) is 7.07. The van der Waals surface area contributed by atoms with Crippen molar-refractivity contribution in [3.63, 3.8) is 0 Å². The van der Waals surface area contributed by atoms with E-state index in [9.17, 15) is 24.6 Å². The number of aromatic amines is 1. The average Bonchev–Trinajstić information content (AvgIpc) is 4.06. The lowest BCUT2D eigenvalue weighted by atomic mass is 9.71. The van der Waals surface area contributed by atoms with E-state index in [4.69, 9.17) is 28.3 Å². The van der Waals surface area contributed by atoms with Gasteiger partial charge >= 0.3 is 5.97 Å². The van der Waals surface area contributed by atoms with Gasteiger partial charge in [0.05, 0.1) is 12.6 Å². The summed E-state index contributed by atoms with van der Waals surface area (Å²) in [6.45, 7) is 3.88. The number of amides is 1. The summed E-state index contributed by atoms with van der Waals surface area (Å²) in [5.41, 5.74) is 2.92. The highest BCUT2D eigenvalue weighted by atomic mass is 16.5. The van der Waals surface area contributed by atoms with Gasteiger partial charge < -0.3 is 44.1 Å². The summed E-state index contributed by atoms with van der Waals surface area (Å²) in [5.74, 6) is -1.34. The first-order valence-corrected chi connectivity index (χ1v) is 20.2. The Balaban J connectivity index is 1.21. The Hall–Kier alpha value is -6.41. The number of carbonyl (C=O) groups excluding carboxylic acids is 3. The first-order valence-electron chi connectivity index (χ1n) is 20.2. The molecule has 10 bridgehead atoms. The monoisotopic (exact) mass is 795 g/mol. The van der Waals surface area contributed by atoms with Crippen LogP contribution in [0.4, 0.5) is 5.69 Å². The number of phenolic OH excluding ortho intramolecular Hbond substituents is 1. The number of hydrogen-bond donors (Lipinski definition) is 5. The van der Waals surface area contributed by atoms with Crippen LogP contribution in [0, 0.1) is 11.8 Å². The third-order valence-electron chi connectivity index (χ3n) is 13.1. The number of ether oxygens (including phenoxy) is 2. The first-order chi connectivity index (χ1) is 28.5. The number of rotatable bonds is 5. The summed E-state index contributed by atoms with van der Waals surface area (Å²) in [6, 6.07) is 14.4. The number of phenols is 1. The fourth-order valence-corrected chi connectivity index (χ4v) is 10.2. The molecule has 1 amide bonds. The van der Waals surface area contributed by atoms with E-state index in [1.807, 2.05) is 56.3 Å². The molecule has 0 saturated heterocycles. The van der Waals surface area contributed by atoms with Crippen molar-refractivity contribution in [1.82, 2.24) is 20.3 Å². The Morgan fingerprint density at radius 1 is 0.983 bits per heavy atom. The molecule has 3 aromatic carbocycles. The van der Waals surface area contributed by atoms with E-state index in [0.717, 1.165) is 52.8 Å². The number of Topliss-reactive ketones (excluding diaryl/α,β-unsaturated/α-hetero) is 1. The molecule has 1 saturated carbocycles. The quantitative estimate of drug-likeness (QED) is 0.111. The number of benzene rings is 3. The normalized spacial score (nSPS) is 23.1. The van der Waals surface area contributed by atoms with E-state index < -0.39 is 35.2 Å². The van der Waals surface area contributed by atoms with Gasteiger partial charge in [-0.3, -0.25) is 9.59 Å². The van der Waals surface area contributed by atoms with Gasteiger partial charge in [0.15, 0.2) is 34.9 Å². The van der Waals surface area contributed by atoms with Crippen molar-refractivity contribution in [1.29, 1.82) is 0 Å². The molecule has 4 atom stereocenters. The standard InChI is InChI=1S/C45H41N5O9/c1-20(2)32-40-49-36-38(59-40)45-26-9-7-8-24(23-11-12-28(51)34-31(23)25(19-46-34)37-35(42(54)56-3)48-41(36)58-37)33(26)50-43(45)57-29-13-10-21(17-27(29)45)16-22(39(53)47-32)18-30(52)44(55)14-5-4-6-15-44/h7-13,17,19-20,22,32,43,46,50-51,55H,4-6,14-16,18H2,1-3H3,(H,47,53)/t22-,32+,43+,45?/m1/s1. The molecule has 59 heavy (non-hydrogen) atoms. The fourth-order valence-electron chi connectivity index (χ4n) is 10.2. The number of anilines is 1. The van der Waals surface area contributed by atoms with Crippen molar-refractivity contribution in [2.45, 2.75) is 82.1 Å². The summed E-state index contributed by atoms with van der Waals surface area (Å²) in [5, 5.41) is 30.0. The Labute approximate surface area is 337 Å². The number of aromatic nitrogens is 3. The number of para-hydroxylation sites is 1. The van der Waals surface area contributed by atoms with Gasteiger partial charge in [-0.15, -0.1) is 0 Å². The topological polar surface area (TPSA) is 202 Å². The lowest BCUT2D eigenvalue weighted by molar-refractivity contribution is -0.144. The van der Waals surface area contributed by atoms with Crippen molar-refractivity contribution < 1.29 is 42.9 Å². The Bertz CT molecular complexity index is 2790. The van der Waals surface area contributed by atoms with Gasteiger partial charge in [-0.2, -0.15) is 4.98 Å². The number of fused-ring (bicyclic) bond motifs is 7. The molecule has 11 rings (SSSR count). The second-order valence-corrected chi connectivity index (χ2v) is 16.9. The number of nitrogens with one attached hydrogen (secondary N) is 3. The maximum Gasteiger partial charge on any atom is 0.360 e. The van der Waals surface area contributed by atoms with Gasteiger partial charge in [0.1, 0.15) is 28.6 Å². The first kappa shape index (κ1) is 35.7. The summed E-state index contributed by atoms with van der Waals surface area (Å²) in [4.78, 5) is 55.0. The Kier molecular flexibility index (Phi) is 7.60. The highest BCUT2D eigenvalue weighted by molar-refractivity contribution is 6.11. The summed E-state index contributed by atoms with van der Waals surface area (Å²) < 4.78 is 25.8. The van der Waals surface area contributed by atoms with Crippen LogP contribution in [0.25, 0.3) is 44.9 Å². The molecule has 6 aromatic rings. The summed E-state index contributed by atoms with van der Waals surface area (Å²) in [7, 11) is 1.26. The smallest absolute Gasteiger partial charge is 0.360 e. The molecule has 1 aliphatic carbocycles. The lowest BCUT2D eigenvalue weighted by Crippen LogP contribution is -2.44. The maximum atomic E-state index is 14.5. The van der Waals surface area contributed by atoms with Crippen LogP contribution < -0.4 is 15.4 Å². The third-order valence-corrected chi connectivity index (χ3v) is 13.1. The van der Waals surface area contributed by atoms with E-state index in [-0.39, 0.29) is 65.1 Å². The van der Waals surface area contributed by atoms with Crippen molar-refractivity contribution in [2.24, 2.45) is 11.8 Å². The number of carbonyl (C=O) groups is 3. The highest BCUT2D eigenvalue weighted by Gasteiger charge is 2.62. The van der Waals surface area contributed by atoms with Gasteiger partial charge in [0.2, 0.25) is 17.7 Å². The van der Waals surface area contributed by atoms with Crippen LogP contribution in [0.15, 0.2) is 63.6 Å². The van der Waals surface area contributed by atoms with Crippen LogP contribution >= 0.6 is 0 Å². The molecular weight excluding hydrogens is 755 g/mol. The number of aliphatic hydroxyl groups is 1. The zero-order chi connectivity index (χ0) is 40.5. The number of H-pyrrole nitrogens is 1. The van der Waals surface area contributed by atoms with Crippen molar-refractivity contribution >= 4 is 34.3 Å². The van der Waals surface area contributed by atoms with Gasteiger partial charge in [-0.05, 0) is 54.5 Å². The van der Waals surface area contributed by atoms with E-state index in [0.29, 0.717) is 40.8 Å². The number of aromatic hydroxyl groups is 1. The van der Waals surface area contributed by atoms with E-state index in [1.165, 1.54) is 7.11 Å². The minimum atomic E-state index is -1.46. The summed E-state index contributed by atoms with van der Waals surface area (Å²) in [6.07, 6.45) is 4.20. The average molecular weight is 796 g/mol. The van der Waals surface area contributed by atoms with Gasteiger partial charge in [0.25, 0.3) is 0 Å². The second kappa shape index (κ2) is 12.5. The highest BCUT2D eigenvalue weighted by Crippen LogP contribution is 2.62. The van der Waals surface area contributed by atoms with Crippen LogP contribution in [0.2, 0.25) is 0 Å². The number of hydrogen-bond acceptors (Lipinski definition) is 12. The van der Waals surface area contributed by atoms with E-state index in [2.05, 4.69) is 15.6 Å². The van der Waals surface area contributed by atoms with Crippen molar-refractivity contribution in [3.8, 4) is 45.5 Å². The van der Waals surface area contributed by atoms with Crippen molar-refractivity contribution in [2.75, 3.05) is 12.4 Å². The molecule has 14 nitrogen and oxygen atoms in total. The van der Waals surface area contributed by atoms with E-state index in [1.54, 1.807) is 12.3 Å². The zero-order valence-corrected chi connectivity index (χ0v) is 32.6. The molecule has 1 fully saturated rings. The van der Waals surface area contributed by atoms with Crippen LogP contribution in [-0.2, 0) is 26.2 Å². The largest absolute Gasteiger partial charge is 0.506 e. The number of nitrogens with zero attached hydrogens (tertiary/aromatic N) is 2. The Morgan fingerprint density at radius 3 is 2.61 bits per heavy atom. The Morgan fingerprint density at radius 2 is 1.81 bits per heavy atom. The minimum absolute atomic E-state index is 0.00347. The molecule has 5 N–H and O–H groups in total. The molecule has 7 heterocycles. The zero-order valence-electron chi connectivity index (χ0n) is 32.6. The van der Waals surface area contributed by atoms with E-state index >= 15 is 0 Å². The number of esters is 1. The molecule has 0 radical (unpaired) electrons. The minimum Gasteiger partial charge on any atom is -0.506 e. The number of oxazole rings is 2. The van der Waals surface area contributed by atoms with Crippen LogP contribution in [-0.4, -0.2) is 61.8 Å². The third kappa shape index (κ3) is 4.92. The molecule has 5 aliphatic rings. The molecule has 4 aliphatic heterocycles. The second-order valence-electron chi connectivity index (χ2n) is 16.9. The van der Waals surface area contributed by atoms with Crippen LogP contribution in [0.1, 0.15) is 97.2 Å². The SMILES string of the molecule is COC(=O)c1nc2oc1-c1c[nH]c3c(O)ccc(c13)-c1cccc3c1N[C@H]1Oc4ccc5cc4C31c1oc(nc1-2)[C@H](C(C)C)NC(=O)[C@@H](CC(=O)C1(O)CCCCC1)C5.